The van der Waals surface area contributed by atoms with Crippen molar-refractivity contribution in [2.24, 2.45) is 5.16 Å². The topological polar surface area (TPSA) is 21.6 Å². The van der Waals surface area contributed by atoms with E-state index in [0.717, 1.165) is 0 Å². The van der Waals surface area contributed by atoms with Gasteiger partial charge < -0.3 is 4.84 Å². The molecule has 1 aliphatic heterocycles. The quantitative estimate of drug-likeness (QED) is 0.410. The fourth-order valence-corrected chi connectivity index (χ4v) is 0.331. The molecule has 1 unspecified atom stereocenters. The van der Waals surface area contributed by atoms with Crippen LogP contribution in [0.5, 0.6) is 0 Å². The summed E-state index contributed by atoms with van der Waals surface area (Å²) in [7, 11) is 0. The summed E-state index contributed by atoms with van der Waals surface area (Å²) in [5, 5.41) is 3.16. The second-order valence-electron chi connectivity index (χ2n) is 0.984. The largest absolute Gasteiger partial charge is 0.393 e. The molecule has 1 atom stereocenters. The monoisotopic (exact) mass is 104 g/mol. The summed E-state index contributed by atoms with van der Waals surface area (Å²) in [4.78, 5) is 4.44. The smallest absolute Gasteiger partial charge is 0.139 e. The molecule has 0 N–H and O–H groups in total. The highest BCUT2D eigenvalue weighted by atomic mass is 35.5. The molecule has 6 heavy (non-hydrogen) atoms. The van der Waals surface area contributed by atoms with Crippen molar-refractivity contribution in [1.82, 2.24) is 0 Å². The van der Waals surface area contributed by atoms with Crippen molar-refractivity contribution in [3.05, 3.63) is 0 Å². The van der Waals surface area contributed by atoms with E-state index in [2.05, 4.69) is 16.2 Å². The minimum Gasteiger partial charge on any atom is -0.393 e. The number of nitrogens with zero attached hydrogens (tertiary/aromatic N) is 1. The van der Waals surface area contributed by atoms with Gasteiger partial charge in [0.1, 0.15) is 18.2 Å². The Bertz CT molecular complexity index is 73.2. The second-order valence-corrected chi connectivity index (χ2v) is 1.51. The summed E-state index contributed by atoms with van der Waals surface area (Å²) in [6, 6.07) is 0. The standard InChI is InChI=1S/C3H3ClNO/c4-3-1-5-6-2-3/h3H,2H2. The molecular formula is C3H3ClNO. The first-order chi connectivity index (χ1) is 2.89. The number of rotatable bonds is 0. The maximum atomic E-state index is 5.38. The van der Waals surface area contributed by atoms with Crippen LogP contribution in [0.25, 0.3) is 0 Å². The van der Waals surface area contributed by atoms with Crippen molar-refractivity contribution in [3.8, 4) is 0 Å². The highest BCUT2D eigenvalue weighted by Gasteiger charge is 2.06. The molecule has 3 heteroatoms. The Morgan fingerprint density at radius 1 is 2.00 bits per heavy atom. The number of halogens is 1. The van der Waals surface area contributed by atoms with Crippen molar-refractivity contribution < 1.29 is 4.84 Å². The van der Waals surface area contributed by atoms with Crippen LogP contribution in [0.3, 0.4) is 0 Å². The minimum absolute atomic E-state index is 0.120. The second kappa shape index (κ2) is 1.47. The van der Waals surface area contributed by atoms with Gasteiger partial charge in [-0.25, -0.2) is 0 Å². The first kappa shape index (κ1) is 3.93. The molecule has 1 aliphatic rings. The van der Waals surface area contributed by atoms with E-state index in [0.29, 0.717) is 6.61 Å². The van der Waals surface area contributed by atoms with E-state index in [1.165, 1.54) is 0 Å². The van der Waals surface area contributed by atoms with E-state index in [1.807, 2.05) is 0 Å². The van der Waals surface area contributed by atoms with Crippen molar-refractivity contribution in [2.75, 3.05) is 6.61 Å². The van der Waals surface area contributed by atoms with Gasteiger partial charge in [0.25, 0.3) is 0 Å². The summed E-state index contributed by atoms with van der Waals surface area (Å²) < 4.78 is 0. The Kier molecular flexibility index (Phi) is 0.965. The van der Waals surface area contributed by atoms with Gasteiger partial charge in [0.2, 0.25) is 0 Å². The lowest BCUT2D eigenvalue weighted by Gasteiger charge is -1.83. The van der Waals surface area contributed by atoms with Gasteiger partial charge in [0.05, 0.1) is 0 Å². The summed E-state index contributed by atoms with van der Waals surface area (Å²) in [5.74, 6) is 0. The first-order valence-corrected chi connectivity index (χ1v) is 2.05. The lowest BCUT2D eigenvalue weighted by Crippen LogP contribution is -1.97. The van der Waals surface area contributed by atoms with Gasteiger partial charge in [0.15, 0.2) is 0 Å². The van der Waals surface area contributed by atoms with Gasteiger partial charge in [-0.3, -0.25) is 0 Å². The number of hydrogen-bond donors (Lipinski definition) is 0. The molecule has 2 nitrogen and oxygen atoms in total. The predicted octanol–water partition coefficient (Wildman–Crippen LogP) is 0.487. The van der Waals surface area contributed by atoms with E-state index in [1.54, 1.807) is 0 Å². The maximum absolute atomic E-state index is 5.38. The van der Waals surface area contributed by atoms with Gasteiger partial charge in [-0.05, 0) is 0 Å². The first-order valence-electron chi connectivity index (χ1n) is 1.61. The van der Waals surface area contributed by atoms with Crippen molar-refractivity contribution in [2.45, 2.75) is 5.38 Å². The molecule has 0 aliphatic carbocycles. The Morgan fingerprint density at radius 3 is 3.00 bits per heavy atom. The fraction of sp³-hybridized carbons (Fsp3) is 0.667. The van der Waals surface area contributed by atoms with Crippen LogP contribution in [0.15, 0.2) is 5.16 Å². The normalized spacial score (nSPS) is 30.5. The van der Waals surface area contributed by atoms with Gasteiger partial charge >= 0.3 is 0 Å². The molecule has 0 saturated carbocycles. The van der Waals surface area contributed by atoms with E-state index in [4.69, 9.17) is 11.6 Å². The zero-order chi connectivity index (χ0) is 4.41. The summed E-state index contributed by atoms with van der Waals surface area (Å²) in [6.07, 6.45) is 2.49. The molecule has 0 aromatic heterocycles. The molecule has 0 aromatic carbocycles. The average Bonchev–Trinajstić information content (AvgIpc) is 1.86. The molecule has 1 heterocycles. The molecule has 0 aromatic rings. The van der Waals surface area contributed by atoms with E-state index < -0.39 is 0 Å². The van der Waals surface area contributed by atoms with Crippen LogP contribution in [-0.4, -0.2) is 18.2 Å². The minimum atomic E-state index is -0.120. The van der Waals surface area contributed by atoms with Crippen LogP contribution >= 0.6 is 11.6 Å². The fourth-order valence-electron chi connectivity index (χ4n) is 0.234. The SMILES string of the molecule is ClC1[C]=NOC1. The van der Waals surface area contributed by atoms with E-state index >= 15 is 0 Å². The third-order valence-electron chi connectivity index (χ3n) is 0.478. The van der Waals surface area contributed by atoms with Crippen molar-refractivity contribution in [1.29, 1.82) is 0 Å². The van der Waals surface area contributed by atoms with Crippen LogP contribution < -0.4 is 0 Å². The Hall–Kier alpha value is -0.240. The van der Waals surface area contributed by atoms with Crippen molar-refractivity contribution >= 4 is 17.8 Å². The molecule has 0 saturated heterocycles. The molecule has 0 fully saturated rings. The summed E-state index contributed by atoms with van der Waals surface area (Å²) >= 11 is 5.38. The van der Waals surface area contributed by atoms with Gasteiger partial charge in [-0.15, -0.1) is 11.6 Å². The molecule has 0 amide bonds. The summed E-state index contributed by atoms with van der Waals surface area (Å²) in [6.45, 7) is 0.474. The lowest BCUT2D eigenvalue weighted by molar-refractivity contribution is 0.175. The Balaban J connectivity index is 2.38. The highest BCUT2D eigenvalue weighted by Crippen LogP contribution is 1.98. The van der Waals surface area contributed by atoms with E-state index in [-0.39, 0.29) is 5.38 Å². The molecule has 1 rings (SSSR count). The van der Waals surface area contributed by atoms with Crippen LogP contribution in [-0.2, 0) is 4.84 Å². The third kappa shape index (κ3) is 0.627. The molecular weight excluding hydrogens is 101 g/mol. The zero-order valence-corrected chi connectivity index (χ0v) is 3.77. The number of alkyl halides is 1. The Morgan fingerprint density at radius 2 is 2.83 bits per heavy atom. The zero-order valence-electron chi connectivity index (χ0n) is 3.02. The molecule has 0 bridgehead atoms. The lowest BCUT2D eigenvalue weighted by atomic mass is 10.5. The summed E-state index contributed by atoms with van der Waals surface area (Å²) in [5.41, 5.74) is 0. The maximum Gasteiger partial charge on any atom is 0.139 e. The van der Waals surface area contributed by atoms with Crippen LogP contribution in [0.1, 0.15) is 0 Å². The van der Waals surface area contributed by atoms with Gasteiger partial charge in [-0.2, -0.15) is 0 Å². The van der Waals surface area contributed by atoms with E-state index in [9.17, 15) is 0 Å². The molecule has 1 radical (unpaired) electrons. The highest BCUT2D eigenvalue weighted by molar-refractivity contribution is 6.28. The number of hydrogen-bond acceptors (Lipinski definition) is 2. The van der Waals surface area contributed by atoms with Crippen LogP contribution in [0, 0.1) is 0 Å². The third-order valence-corrected chi connectivity index (χ3v) is 0.702. The van der Waals surface area contributed by atoms with Crippen molar-refractivity contribution in [3.63, 3.8) is 0 Å². The van der Waals surface area contributed by atoms with Crippen LogP contribution in [0.2, 0.25) is 0 Å². The molecule has 33 valence electrons. The van der Waals surface area contributed by atoms with Gasteiger partial charge in [0, 0.05) is 0 Å². The predicted molar refractivity (Wildman–Crippen MR) is 23.0 cm³/mol. The Labute approximate surface area is 40.7 Å². The molecule has 0 spiro atoms. The average molecular weight is 105 g/mol. The van der Waals surface area contributed by atoms with Crippen LogP contribution in [0.4, 0.5) is 0 Å². The van der Waals surface area contributed by atoms with Gasteiger partial charge in [-0.1, -0.05) is 5.16 Å².